The average molecular weight is 232 g/mol. The SMILES string of the molecule is COC1C(O)C2OC(C)(C)OC2OC1(C)C. The molecule has 0 radical (unpaired) electrons. The molecule has 2 fully saturated rings. The number of hydrogen-bond donors (Lipinski definition) is 1. The van der Waals surface area contributed by atoms with E-state index in [1.807, 2.05) is 13.8 Å². The van der Waals surface area contributed by atoms with E-state index in [0.29, 0.717) is 0 Å². The van der Waals surface area contributed by atoms with E-state index in [4.69, 9.17) is 18.9 Å². The minimum Gasteiger partial charge on any atom is -0.387 e. The normalized spacial score (nSPS) is 45.4. The van der Waals surface area contributed by atoms with Gasteiger partial charge in [-0.05, 0) is 27.7 Å². The Morgan fingerprint density at radius 1 is 1.06 bits per heavy atom. The molecule has 0 bridgehead atoms. The van der Waals surface area contributed by atoms with Crippen LogP contribution in [0.25, 0.3) is 0 Å². The van der Waals surface area contributed by atoms with E-state index < -0.39 is 36.0 Å². The lowest BCUT2D eigenvalue weighted by Gasteiger charge is -2.44. The van der Waals surface area contributed by atoms with Crippen molar-refractivity contribution in [2.45, 2.75) is 63.7 Å². The maximum absolute atomic E-state index is 10.2. The van der Waals surface area contributed by atoms with Crippen LogP contribution in [0.3, 0.4) is 0 Å². The monoisotopic (exact) mass is 232 g/mol. The van der Waals surface area contributed by atoms with Crippen LogP contribution in [0, 0.1) is 0 Å². The van der Waals surface area contributed by atoms with Crippen molar-refractivity contribution in [1.29, 1.82) is 0 Å². The molecule has 16 heavy (non-hydrogen) atoms. The van der Waals surface area contributed by atoms with Crippen LogP contribution < -0.4 is 0 Å². The van der Waals surface area contributed by atoms with Gasteiger partial charge < -0.3 is 24.1 Å². The average Bonchev–Trinajstić information content (AvgIpc) is 2.39. The summed E-state index contributed by atoms with van der Waals surface area (Å²) in [5.74, 6) is -0.727. The second-order valence-electron chi connectivity index (χ2n) is 5.34. The number of aliphatic hydroxyl groups is 1. The molecule has 0 aliphatic carbocycles. The van der Waals surface area contributed by atoms with Crippen molar-refractivity contribution in [2.24, 2.45) is 0 Å². The second-order valence-corrected chi connectivity index (χ2v) is 5.34. The maximum atomic E-state index is 10.2. The number of methoxy groups -OCH3 is 1. The van der Waals surface area contributed by atoms with Gasteiger partial charge in [0.2, 0.25) is 0 Å². The standard InChI is InChI=1S/C11H20O5/c1-10(2)8(13-5)6(12)7-9(15-10)16-11(3,4)14-7/h6-9,12H,1-5H3. The Bertz CT molecular complexity index is 276. The highest BCUT2D eigenvalue weighted by molar-refractivity contribution is 4.99. The first-order chi connectivity index (χ1) is 7.27. The molecule has 4 atom stereocenters. The third-order valence-corrected chi connectivity index (χ3v) is 3.09. The van der Waals surface area contributed by atoms with Gasteiger partial charge in [-0.3, -0.25) is 0 Å². The fourth-order valence-electron chi connectivity index (χ4n) is 2.45. The molecule has 0 spiro atoms. The van der Waals surface area contributed by atoms with E-state index in [0.717, 1.165) is 0 Å². The van der Waals surface area contributed by atoms with Crippen LogP contribution in [-0.4, -0.2) is 48.2 Å². The van der Waals surface area contributed by atoms with Crippen molar-refractivity contribution < 1.29 is 24.1 Å². The van der Waals surface area contributed by atoms with Crippen molar-refractivity contribution in [3.05, 3.63) is 0 Å². The maximum Gasteiger partial charge on any atom is 0.190 e. The number of fused-ring (bicyclic) bond motifs is 1. The number of ether oxygens (including phenoxy) is 4. The van der Waals surface area contributed by atoms with Gasteiger partial charge in [-0.25, -0.2) is 0 Å². The molecule has 4 unspecified atom stereocenters. The summed E-state index contributed by atoms with van der Waals surface area (Å²) in [6, 6.07) is 0. The molecule has 0 amide bonds. The zero-order chi connectivity index (χ0) is 12.1. The molecule has 94 valence electrons. The van der Waals surface area contributed by atoms with E-state index in [1.54, 1.807) is 21.0 Å². The Balaban J connectivity index is 2.22. The van der Waals surface area contributed by atoms with Crippen LogP contribution in [0.15, 0.2) is 0 Å². The van der Waals surface area contributed by atoms with Crippen LogP contribution in [-0.2, 0) is 18.9 Å². The number of aliphatic hydroxyl groups excluding tert-OH is 1. The van der Waals surface area contributed by atoms with Gasteiger partial charge in [0.1, 0.15) is 18.3 Å². The molecular formula is C11H20O5. The van der Waals surface area contributed by atoms with Crippen molar-refractivity contribution in [2.75, 3.05) is 7.11 Å². The lowest BCUT2D eigenvalue weighted by molar-refractivity contribution is -0.287. The van der Waals surface area contributed by atoms with E-state index >= 15 is 0 Å². The Hall–Kier alpha value is -0.200. The highest BCUT2D eigenvalue weighted by atomic mass is 16.8. The molecule has 2 aliphatic heterocycles. The van der Waals surface area contributed by atoms with Gasteiger partial charge in [0.05, 0.1) is 5.60 Å². The molecule has 0 aromatic heterocycles. The van der Waals surface area contributed by atoms with Gasteiger partial charge in [-0.1, -0.05) is 0 Å². The molecule has 5 heteroatoms. The summed E-state index contributed by atoms with van der Waals surface area (Å²) in [4.78, 5) is 0. The molecule has 1 N–H and O–H groups in total. The summed E-state index contributed by atoms with van der Waals surface area (Å²) in [5.41, 5.74) is -0.598. The molecule has 0 aromatic carbocycles. The van der Waals surface area contributed by atoms with Crippen LogP contribution >= 0.6 is 0 Å². The topological polar surface area (TPSA) is 57.2 Å². The smallest absolute Gasteiger partial charge is 0.190 e. The summed E-state index contributed by atoms with van der Waals surface area (Å²) in [5, 5.41) is 10.2. The van der Waals surface area contributed by atoms with Crippen LogP contribution in [0.1, 0.15) is 27.7 Å². The Morgan fingerprint density at radius 3 is 2.25 bits per heavy atom. The van der Waals surface area contributed by atoms with Crippen LogP contribution in [0.4, 0.5) is 0 Å². The van der Waals surface area contributed by atoms with E-state index in [2.05, 4.69) is 0 Å². The Labute approximate surface area is 95.6 Å². The van der Waals surface area contributed by atoms with Crippen molar-refractivity contribution in [1.82, 2.24) is 0 Å². The number of rotatable bonds is 1. The van der Waals surface area contributed by atoms with Gasteiger partial charge in [-0.15, -0.1) is 0 Å². The summed E-state index contributed by atoms with van der Waals surface area (Å²) in [7, 11) is 1.56. The minimum absolute atomic E-state index is 0.425. The third-order valence-electron chi connectivity index (χ3n) is 3.09. The molecule has 2 aliphatic rings. The highest BCUT2D eigenvalue weighted by Crippen LogP contribution is 2.40. The summed E-state index contributed by atoms with van der Waals surface area (Å²) in [6.07, 6.45) is -2.20. The zero-order valence-corrected chi connectivity index (χ0v) is 10.4. The summed E-state index contributed by atoms with van der Waals surface area (Å²) >= 11 is 0. The summed E-state index contributed by atoms with van der Waals surface area (Å²) in [6.45, 7) is 7.34. The van der Waals surface area contributed by atoms with Crippen LogP contribution in [0.2, 0.25) is 0 Å². The van der Waals surface area contributed by atoms with Crippen molar-refractivity contribution in [3.8, 4) is 0 Å². The van der Waals surface area contributed by atoms with E-state index in [1.165, 1.54) is 0 Å². The second kappa shape index (κ2) is 3.65. The number of hydrogen-bond acceptors (Lipinski definition) is 5. The van der Waals surface area contributed by atoms with E-state index in [9.17, 15) is 5.11 Å². The zero-order valence-electron chi connectivity index (χ0n) is 10.4. The lowest BCUT2D eigenvalue weighted by Crippen LogP contribution is -2.61. The predicted molar refractivity (Wildman–Crippen MR) is 55.8 cm³/mol. The molecule has 5 nitrogen and oxygen atoms in total. The molecule has 2 heterocycles. The third kappa shape index (κ3) is 1.87. The van der Waals surface area contributed by atoms with Crippen LogP contribution in [0.5, 0.6) is 0 Å². The fourth-order valence-corrected chi connectivity index (χ4v) is 2.45. The molecule has 2 saturated heterocycles. The first kappa shape index (κ1) is 12.3. The lowest BCUT2D eigenvalue weighted by atomic mass is 9.90. The predicted octanol–water partition coefficient (Wildman–Crippen LogP) is 0.649. The first-order valence-electron chi connectivity index (χ1n) is 5.51. The van der Waals surface area contributed by atoms with Gasteiger partial charge in [0.25, 0.3) is 0 Å². The van der Waals surface area contributed by atoms with Crippen molar-refractivity contribution >= 4 is 0 Å². The van der Waals surface area contributed by atoms with Gasteiger partial charge in [0, 0.05) is 7.11 Å². The molecule has 2 rings (SSSR count). The minimum atomic E-state index is -0.750. The largest absolute Gasteiger partial charge is 0.387 e. The summed E-state index contributed by atoms with van der Waals surface area (Å²) < 4.78 is 22.3. The van der Waals surface area contributed by atoms with E-state index in [-0.39, 0.29) is 0 Å². The highest BCUT2D eigenvalue weighted by Gasteiger charge is 2.57. The Morgan fingerprint density at radius 2 is 1.69 bits per heavy atom. The van der Waals surface area contributed by atoms with Crippen molar-refractivity contribution in [3.63, 3.8) is 0 Å². The fraction of sp³-hybridized carbons (Fsp3) is 1.00. The molecular weight excluding hydrogens is 212 g/mol. The molecule has 0 saturated carbocycles. The molecule has 0 aromatic rings. The van der Waals surface area contributed by atoms with Gasteiger partial charge in [0.15, 0.2) is 12.1 Å². The van der Waals surface area contributed by atoms with Gasteiger partial charge >= 0.3 is 0 Å². The van der Waals surface area contributed by atoms with Gasteiger partial charge in [-0.2, -0.15) is 0 Å². The Kier molecular flexibility index (Phi) is 2.79. The first-order valence-corrected chi connectivity index (χ1v) is 5.51. The quantitative estimate of drug-likeness (QED) is 0.719.